The first-order chi connectivity index (χ1) is 15.9. The lowest BCUT2D eigenvalue weighted by atomic mass is 10.1. The average molecular weight is 453 g/mol. The van der Waals surface area contributed by atoms with Gasteiger partial charge in [-0.3, -0.25) is 14.4 Å². The summed E-state index contributed by atoms with van der Waals surface area (Å²) in [5.74, 6) is -1.55. The number of benzene rings is 2. The molecule has 2 aromatic carbocycles. The molecule has 1 saturated heterocycles. The maximum Gasteiger partial charge on any atom is 0.329 e. The molecule has 3 rings (SSSR count). The molecule has 1 fully saturated rings. The van der Waals surface area contributed by atoms with Crippen LogP contribution in [0.4, 0.5) is 5.69 Å². The van der Waals surface area contributed by atoms with Crippen molar-refractivity contribution in [1.82, 2.24) is 10.7 Å². The van der Waals surface area contributed by atoms with Crippen molar-refractivity contribution in [3.63, 3.8) is 0 Å². The van der Waals surface area contributed by atoms with Crippen LogP contribution in [0.3, 0.4) is 0 Å². The third-order valence-electron chi connectivity index (χ3n) is 5.25. The van der Waals surface area contributed by atoms with Crippen molar-refractivity contribution in [3.05, 3.63) is 59.2 Å². The first kappa shape index (κ1) is 23.9. The molecule has 1 aliphatic heterocycles. The minimum atomic E-state index is -0.879. The first-order valence-electron chi connectivity index (χ1n) is 10.7. The van der Waals surface area contributed by atoms with E-state index in [1.165, 1.54) is 6.21 Å². The van der Waals surface area contributed by atoms with Gasteiger partial charge in [0.2, 0.25) is 0 Å². The van der Waals surface area contributed by atoms with Gasteiger partial charge in [-0.15, -0.1) is 0 Å². The van der Waals surface area contributed by atoms with E-state index in [0.29, 0.717) is 17.9 Å². The van der Waals surface area contributed by atoms with Gasteiger partial charge >= 0.3 is 11.8 Å². The van der Waals surface area contributed by atoms with Crippen molar-refractivity contribution in [1.29, 1.82) is 0 Å². The number of hydrogen-bond donors (Lipinski definition) is 3. The quantitative estimate of drug-likeness (QED) is 0.322. The van der Waals surface area contributed by atoms with Crippen LogP contribution in [0.5, 0.6) is 5.75 Å². The summed E-state index contributed by atoms with van der Waals surface area (Å²) in [6.07, 6.45) is 3.11. The van der Waals surface area contributed by atoms with Gasteiger partial charge in [0.05, 0.1) is 12.3 Å². The Labute approximate surface area is 192 Å². The molecule has 2 aromatic rings. The molecule has 3 amide bonds. The Kier molecular flexibility index (Phi) is 8.54. The third kappa shape index (κ3) is 7.15. The van der Waals surface area contributed by atoms with Gasteiger partial charge in [-0.25, -0.2) is 5.43 Å². The van der Waals surface area contributed by atoms with Gasteiger partial charge in [-0.2, -0.15) is 5.10 Å². The standard InChI is InChI=1S/C24H28N4O5/c1-16-7-5-10-20(17(16)2)27-22(29)15-33-21-11-4-3-8-18(21)13-26-28-24(31)23(30)25-14-19-9-6-12-32-19/h3-5,7-8,10-11,13,19H,6,9,12,14-15H2,1-2H3,(H,25,30)(H,27,29)(H,28,31)/b26-13-/t19-/m1/s1. The monoisotopic (exact) mass is 452 g/mol. The van der Waals surface area contributed by atoms with Gasteiger partial charge in [0.1, 0.15) is 5.75 Å². The van der Waals surface area contributed by atoms with E-state index in [-0.39, 0.29) is 25.2 Å². The number of rotatable bonds is 8. The summed E-state index contributed by atoms with van der Waals surface area (Å²) in [5.41, 5.74) is 5.54. The third-order valence-corrected chi connectivity index (χ3v) is 5.25. The molecule has 1 aliphatic rings. The summed E-state index contributed by atoms with van der Waals surface area (Å²) >= 11 is 0. The number of nitrogens with zero attached hydrogens (tertiary/aromatic N) is 1. The second-order valence-corrected chi connectivity index (χ2v) is 7.67. The summed E-state index contributed by atoms with van der Waals surface area (Å²) in [6.45, 7) is 4.68. The van der Waals surface area contributed by atoms with E-state index in [1.807, 2.05) is 32.0 Å². The molecule has 1 heterocycles. The van der Waals surface area contributed by atoms with Crippen LogP contribution in [0, 0.1) is 13.8 Å². The fourth-order valence-corrected chi connectivity index (χ4v) is 3.24. The zero-order chi connectivity index (χ0) is 23.6. The Morgan fingerprint density at radius 3 is 2.73 bits per heavy atom. The van der Waals surface area contributed by atoms with Crippen LogP contribution < -0.4 is 20.8 Å². The molecule has 1 atom stereocenters. The molecule has 0 radical (unpaired) electrons. The number of ether oxygens (including phenoxy) is 2. The first-order valence-corrected chi connectivity index (χ1v) is 10.7. The number of amides is 3. The lowest BCUT2D eigenvalue weighted by molar-refractivity contribution is -0.139. The maximum absolute atomic E-state index is 12.3. The number of hydrazone groups is 1. The second-order valence-electron chi connectivity index (χ2n) is 7.67. The predicted octanol–water partition coefficient (Wildman–Crippen LogP) is 2.07. The Hall–Kier alpha value is -3.72. The molecule has 0 aliphatic carbocycles. The molecule has 0 spiro atoms. The summed E-state index contributed by atoms with van der Waals surface area (Å²) < 4.78 is 11.0. The van der Waals surface area contributed by atoms with Crippen molar-refractivity contribution < 1.29 is 23.9 Å². The van der Waals surface area contributed by atoms with Gasteiger partial charge in [0.15, 0.2) is 6.61 Å². The molecular formula is C24H28N4O5. The Morgan fingerprint density at radius 2 is 1.94 bits per heavy atom. The predicted molar refractivity (Wildman–Crippen MR) is 124 cm³/mol. The summed E-state index contributed by atoms with van der Waals surface area (Å²) in [5, 5.41) is 9.18. The van der Waals surface area contributed by atoms with Gasteiger partial charge in [-0.05, 0) is 56.0 Å². The van der Waals surface area contributed by atoms with Gasteiger partial charge < -0.3 is 20.1 Å². The minimum Gasteiger partial charge on any atom is -0.483 e. The summed E-state index contributed by atoms with van der Waals surface area (Å²) in [4.78, 5) is 36.1. The van der Waals surface area contributed by atoms with Crippen molar-refractivity contribution in [3.8, 4) is 5.75 Å². The van der Waals surface area contributed by atoms with Crippen molar-refractivity contribution >= 4 is 29.6 Å². The van der Waals surface area contributed by atoms with Crippen LogP contribution in [0.15, 0.2) is 47.6 Å². The van der Waals surface area contributed by atoms with Crippen LogP contribution in [0.25, 0.3) is 0 Å². The Balaban J connectivity index is 1.49. The number of hydrogen-bond acceptors (Lipinski definition) is 6. The highest BCUT2D eigenvalue weighted by atomic mass is 16.5. The maximum atomic E-state index is 12.3. The molecule has 9 nitrogen and oxygen atoms in total. The molecule has 174 valence electrons. The molecule has 9 heteroatoms. The normalized spacial score (nSPS) is 15.3. The number of aryl methyl sites for hydroxylation is 1. The average Bonchev–Trinajstić information content (AvgIpc) is 3.33. The van der Waals surface area contributed by atoms with Crippen LogP contribution in [-0.4, -0.2) is 49.8 Å². The van der Waals surface area contributed by atoms with Crippen molar-refractivity contribution in [2.75, 3.05) is 25.1 Å². The smallest absolute Gasteiger partial charge is 0.329 e. The lowest BCUT2D eigenvalue weighted by Crippen LogP contribution is -2.41. The lowest BCUT2D eigenvalue weighted by Gasteiger charge is -2.12. The van der Waals surface area contributed by atoms with Gasteiger partial charge in [0, 0.05) is 24.4 Å². The van der Waals surface area contributed by atoms with Crippen molar-refractivity contribution in [2.24, 2.45) is 5.10 Å². The summed E-state index contributed by atoms with van der Waals surface area (Å²) in [7, 11) is 0. The highest BCUT2D eigenvalue weighted by Gasteiger charge is 2.19. The SMILES string of the molecule is Cc1cccc(NC(=O)COc2ccccc2/C=N\NC(=O)C(=O)NC[C@H]2CCCO2)c1C. The van der Waals surface area contributed by atoms with Crippen LogP contribution in [-0.2, 0) is 19.1 Å². The van der Waals surface area contributed by atoms with E-state index in [2.05, 4.69) is 21.2 Å². The largest absolute Gasteiger partial charge is 0.483 e. The van der Waals surface area contributed by atoms with E-state index >= 15 is 0 Å². The molecule has 0 aromatic heterocycles. The van der Waals surface area contributed by atoms with Gasteiger partial charge in [-0.1, -0.05) is 24.3 Å². The molecule has 0 unspecified atom stereocenters. The highest BCUT2D eigenvalue weighted by molar-refractivity contribution is 6.35. The van der Waals surface area contributed by atoms with E-state index in [4.69, 9.17) is 9.47 Å². The zero-order valence-corrected chi connectivity index (χ0v) is 18.7. The highest BCUT2D eigenvalue weighted by Crippen LogP contribution is 2.19. The van der Waals surface area contributed by atoms with E-state index in [9.17, 15) is 14.4 Å². The molecule has 3 N–H and O–H groups in total. The number of nitrogens with one attached hydrogen (secondary N) is 3. The topological polar surface area (TPSA) is 118 Å². The zero-order valence-electron chi connectivity index (χ0n) is 18.7. The number of carbonyl (C=O) groups is 3. The van der Waals surface area contributed by atoms with E-state index in [1.54, 1.807) is 24.3 Å². The molecule has 0 saturated carbocycles. The van der Waals surface area contributed by atoms with Crippen LogP contribution in [0.2, 0.25) is 0 Å². The van der Waals surface area contributed by atoms with Crippen LogP contribution in [0.1, 0.15) is 29.5 Å². The van der Waals surface area contributed by atoms with Crippen molar-refractivity contribution in [2.45, 2.75) is 32.8 Å². The second kappa shape index (κ2) is 11.8. The minimum absolute atomic E-state index is 0.0543. The summed E-state index contributed by atoms with van der Waals surface area (Å²) in [6, 6.07) is 12.6. The Morgan fingerprint density at radius 1 is 1.12 bits per heavy atom. The fraction of sp³-hybridized carbons (Fsp3) is 0.333. The number of para-hydroxylation sites is 1. The number of anilines is 1. The Bertz CT molecular complexity index is 1030. The van der Waals surface area contributed by atoms with Crippen LogP contribution >= 0.6 is 0 Å². The molecule has 33 heavy (non-hydrogen) atoms. The van der Waals surface area contributed by atoms with E-state index in [0.717, 1.165) is 29.7 Å². The van der Waals surface area contributed by atoms with Gasteiger partial charge in [0.25, 0.3) is 5.91 Å². The fourth-order valence-electron chi connectivity index (χ4n) is 3.24. The van der Waals surface area contributed by atoms with E-state index < -0.39 is 11.8 Å². The molecule has 0 bridgehead atoms. The number of carbonyl (C=O) groups excluding carboxylic acids is 3. The molecular weight excluding hydrogens is 424 g/mol.